The van der Waals surface area contributed by atoms with Crippen molar-refractivity contribution in [2.24, 2.45) is 0 Å². The maximum atomic E-state index is 12.2. The van der Waals surface area contributed by atoms with Crippen molar-refractivity contribution >= 4 is 23.9 Å². The van der Waals surface area contributed by atoms with Crippen molar-refractivity contribution in [1.82, 2.24) is 15.5 Å². The molecule has 51 heavy (non-hydrogen) atoms. The lowest BCUT2D eigenvalue weighted by Gasteiger charge is -2.21. The van der Waals surface area contributed by atoms with Crippen LogP contribution < -0.4 is 10.6 Å². The fourth-order valence-electron chi connectivity index (χ4n) is 5.05. The molecule has 3 rings (SSSR count). The number of alkyl carbamates (subject to hydrolysis) is 1. The lowest BCUT2D eigenvalue weighted by Crippen LogP contribution is -2.40. The Bertz CT molecular complexity index is 1310. The topological polar surface area (TPSA) is 180 Å². The summed E-state index contributed by atoms with van der Waals surface area (Å²) in [6.45, 7) is 6.11. The van der Waals surface area contributed by atoms with Gasteiger partial charge < -0.3 is 53.8 Å². The molecule has 1 unspecified atom stereocenters. The van der Waals surface area contributed by atoms with Gasteiger partial charge in [-0.3, -0.25) is 9.59 Å². The largest absolute Gasteiger partial charge is 0.480 e. The molecule has 15 heteroatoms. The van der Waals surface area contributed by atoms with Crippen molar-refractivity contribution in [3.05, 3.63) is 59.7 Å². The summed E-state index contributed by atoms with van der Waals surface area (Å²) in [5.41, 5.74) is 4.54. The van der Waals surface area contributed by atoms with Crippen molar-refractivity contribution in [3.8, 4) is 11.1 Å². The minimum atomic E-state index is -1.05. The number of fused-ring (bicyclic) bond motifs is 3. The molecule has 1 aliphatic rings. The van der Waals surface area contributed by atoms with Crippen molar-refractivity contribution in [2.75, 3.05) is 106 Å². The number of carboxylic acids is 1. The van der Waals surface area contributed by atoms with Crippen LogP contribution in [-0.4, -0.2) is 146 Å². The Morgan fingerprint density at radius 1 is 0.686 bits per heavy atom. The standard InChI is InChI=1S/C36H51N3O12/c1-27(35(42)43)39(2)34(41)11-13-45-15-17-47-19-21-49-23-24-50-22-20-48-18-16-46-14-12-37-33(40)25-38-36(44)51-26-32-30-9-5-3-7-28(30)29-8-4-6-10-31(29)32/h3-10,27,32H,11-26H2,1-2H3,(H,37,40)(H,38,44)(H,42,43). The number of amides is 3. The van der Waals surface area contributed by atoms with Crippen LogP contribution >= 0.6 is 0 Å². The van der Waals surface area contributed by atoms with Crippen molar-refractivity contribution in [2.45, 2.75) is 25.3 Å². The van der Waals surface area contributed by atoms with Gasteiger partial charge in [-0.1, -0.05) is 48.5 Å². The average Bonchev–Trinajstić information content (AvgIpc) is 3.46. The number of nitrogens with zero attached hydrogens (tertiary/aromatic N) is 1. The van der Waals surface area contributed by atoms with Gasteiger partial charge in [0.2, 0.25) is 11.8 Å². The van der Waals surface area contributed by atoms with Crippen LogP contribution in [0.5, 0.6) is 0 Å². The highest BCUT2D eigenvalue weighted by Crippen LogP contribution is 2.44. The van der Waals surface area contributed by atoms with Crippen molar-refractivity contribution < 1.29 is 57.4 Å². The van der Waals surface area contributed by atoms with Gasteiger partial charge in [-0.05, 0) is 29.2 Å². The molecule has 0 saturated carbocycles. The van der Waals surface area contributed by atoms with Crippen molar-refractivity contribution in [1.29, 1.82) is 0 Å². The third-order valence-corrected chi connectivity index (χ3v) is 7.96. The van der Waals surface area contributed by atoms with Gasteiger partial charge in [0.25, 0.3) is 0 Å². The Balaban J connectivity index is 1.03. The van der Waals surface area contributed by atoms with Gasteiger partial charge in [-0.2, -0.15) is 0 Å². The van der Waals surface area contributed by atoms with E-state index in [0.29, 0.717) is 79.2 Å². The van der Waals surface area contributed by atoms with E-state index in [-0.39, 0.29) is 43.9 Å². The summed E-state index contributed by atoms with van der Waals surface area (Å²) in [5.74, 6) is -1.74. The van der Waals surface area contributed by atoms with E-state index in [0.717, 1.165) is 22.3 Å². The lowest BCUT2D eigenvalue weighted by atomic mass is 9.98. The molecular weight excluding hydrogens is 666 g/mol. The van der Waals surface area contributed by atoms with E-state index in [9.17, 15) is 19.2 Å². The smallest absolute Gasteiger partial charge is 0.407 e. The van der Waals surface area contributed by atoms with Crippen LogP contribution in [0.4, 0.5) is 4.79 Å². The third-order valence-electron chi connectivity index (χ3n) is 7.96. The molecule has 1 atom stereocenters. The first-order valence-electron chi connectivity index (χ1n) is 17.1. The van der Waals surface area contributed by atoms with Gasteiger partial charge in [0.05, 0.1) is 92.2 Å². The second-order valence-electron chi connectivity index (χ2n) is 11.5. The number of nitrogens with one attached hydrogen (secondary N) is 2. The highest BCUT2D eigenvalue weighted by atomic mass is 16.6. The summed E-state index contributed by atoms with van der Waals surface area (Å²) in [4.78, 5) is 48.3. The predicted molar refractivity (Wildman–Crippen MR) is 185 cm³/mol. The van der Waals surface area contributed by atoms with Gasteiger partial charge in [0.15, 0.2) is 0 Å². The van der Waals surface area contributed by atoms with Gasteiger partial charge in [0, 0.05) is 19.5 Å². The zero-order valence-corrected chi connectivity index (χ0v) is 29.5. The quantitative estimate of drug-likeness (QED) is 0.115. The number of ether oxygens (including phenoxy) is 7. The molecule has 3 N–H and O–H groups in total. The van der Waals surface area contributed by atoms with E-state index in [4.69, 9.17) is 38.3 Å². The molecule has 0 saturated heterocycles. The first kappa shape index (κ1) is 41.3. The highest BCUT2D eigenvalue weighted by Gasteiger charge is 2.29. The Labute approximate surface area is 298 Å². The van der Waals surface area contributed by atoms with E-state index in [1.54, 1.807) is 0 Å². The van der Waals surface area contributed by atoms with Crippen LogP contribution in [0.15, 0.2) is 48.5 Å². The lowest BCUT2D eigenvalue weighted by molar-refractivity contribution is -0.148. The number of hydrogen-bond acceptors (Lipinski definition) is 11. The molecule has 2 aromatic rings. The van der Waals surface area contributed by atoms with E-state index >= 15 is 0 Å². The highest BCUT2D eigenvalue weighted by molar-refractivity contribution is 5.83. The monoisotopic (exact) mass is 717 g/mol. The maximum absolute atomic E-state index is 12.2. The molecule has 0 bridgehead atoms. The fraction of sp³-hybridized carbons (Fsp3) is 0.556. The molecule has 0 fully saturated rings. The number of aliphatic carboxylic acids is 1. The molecule has 2 aromatic carbocycles. The van der Waals surface area contributed by atoms with Crippen LogP contribution in [-0.2, 0) is 47.5 Å². The summed E-state index contributed by atoms with van der Waals surface area (Å²) in [5, 5.41) is 14.1. The molecular formula is C36H51N3O12. The van der Waals surface area contributed by atoms with Crippen LogP contribution in [0.3, 0.4) is 0 Å². The Morgan fingerprint density at radius 3 is 1.63 bits per heavy atom. The molecule has 0 heterocycles. The van der Waals surface area contributed by atoms with Crippen LogP contribution in [0.25, 0.3) is 11.1 Å². The Hall–Kier alpha value is -4.12. The molecule has 282 valence electrons. The van der Waals surface area contributed by atoms with E-state index < -0.39 is 18.1 Å². The van der Waals surface area contributed by atoms with Crippen LogP contribution in [0, 0.1) is 0 Å². The number of carbonyl (C=O) groups is 4. The maximum Gasteiger partial charge on any atom is 0.407 e. The first-order chi connectivity index (χ1) is 24.8. The minimum absolute atomic E-state index is 0.0481. The number of hydrogen-bond donors (Lipinski definition) is 3. The third kappa shape index (κ3) is 15.3. The van der Waals surface area contributed by atoms with E-state index in [1.165, 1.54) is 18.9 Å². The second-order valence-corrected chi connectivity index (χ2v) is 11.5. The number of carbonyl (C=O) groups excluding carboxylic acids is 3. The molecule has 0 radical (unpaired) electrons. The first-order valence-corrected chi connectivity index (χ1v) is 17.1. The number of benzene rings is 2. The molecule has 1 aliphatic carbocycles. The van der Waals surface area contributed by atoms with Crippen molar-refractivity contribution in [3.63, 3.8) is 0 Å². The zero-order chi connectivity index (χ0) is 36.7. The van der Waals surface area contributed by atoms with Crippen LogP contribution in [0.2, 0.25) is 0 Å². The normalized spacial score (nSPS) is 12.5. The number of rotatable bonds is 27. The predicted octanol–water partition coefficient (Wildman–Crippen LogP) is 2.06. The van der Waals surface area contributed by atoms with Gasteiger partial charge in [-0.25, -0.2) is 9.59 Å². The van der Waals surface area contributed by atoms with E-state index in [2.05, 4.69) is 22.8 Å². The summed E-state index contributed by atoms with van der Waals surface area (Å²) >= 11 is 0. The second kappa shape index (κ2) is 24.1. The summed E-state index contributed by atoms with van der Waals surface area (Å²) in [6, 6.07) is 15.3. The Morgan fingerprint density at radius 2 is 1.14 bits per heavy atom. The van der Waals surface area contributed by atoms with Gasteiger partial charge >= 0.3 is 12.1 Å². The summed E-state index contributed by atoms with van der Waals surface area (Å²) in [6.07, 6.45) is -0.543. The fourth-order valence-corrected chi connectivity index (χ4v) is 5.05. The Kier molecular flexibility index (Phi) is 19.5. The molecule has 0 aromatic heterocycles. The molecule has 3 amide bonds. The summed E-state index contributed by atoms with van der Waals surface area (Å²) in [7, 11) is 1.45. The molecule has 0 aliphatic heterocycles. The van der Waals surface area contributed by atoms with Crippen LogP contribution in [0.1, 0.15) is 30.4 Å². The summed E-state index contributed by atoms with van der Waals surface area (Å²) < 4.78 is 38.0. The molecule has 0 spiro atoms. The molecule has 15 nitrogen and oxygen atoms in total. The average molecular weight is 718 g/mol. The van der Waals surface area contributed by atoms with E-state index in [1.807, 2.05) is 36.4 Å². The minimum Gasteiger partial charge on any atom is -0.480 e. The van der Waals surface area contributed by atoms with Gasteiger partial charge in [0.1, 0.15) is 12.6 Å². The number of likely N-dealkylation sites (N-methyl/N-ethyl adjacent to an activating group) is 1. The number of carboxylic acid groups (broad SMARTS) is 1. The van der Waals surface area contributed by atoms with Gasteiger partial charge in [-0.15, -0.1) is 0 Å². The SMILES string of the molecule is CC(C(=O)O)N(C)C(=O)CCOCCOCCOCCOCCOCCOCCNC(=O)CNC(=O)OCC1c2ccccc2-c2ccccc21. The zero-order valence-electron chi connectivity index (χ0n) is 29.5.